The summed E-state index contributed by atoms with van der Waals surface area (Å²) in [6.45, 7) is 3.56. The summed E-state index contributed by atoms with van der Waals surface area (Å²) in [6.07, 6.45) is 10.7. The molecule has 0 saturated heterocycles. The molecule has 3 rings (SSSR count). The summed E-state index contributed by atoms with van der Waals surface area (Å²) < 4.78 is 5.48. The Morgan fingerprint density at radius 2 is 1.90 bits per heavy atom. The highest BCUT2D eigenvalue weighted by molar-refractivity contribution is 7.17. The summed E-state index contributed by atoms with van der Waals surface area (Å²) in [4.78, 5) is 37.9. The minimum Gasteiger partial charge on any atom is -0.449 e. The molecule has 29 heavy (non-hydrogen) atoms. The van der Waals surface area contributed by atoms with Crippen LogP contribution in [0.1, 0.15) is 79.6 Å². The molecule has 0 aromatic carbocycles. The Balaban J connectivity index is 1.60. The zero-order chi connectivity index (χ0) is 20.8. The first-order chi connectivity index (χ1) is 14.0. The highest BCUT2D eigenvalue weighted by Crippen LogP contribution is 2.38. The highest BCUT2D eigenvalue weighted by atomic mass is 32.1. The van der Waals surface area contributed by atoms with Crippen LogP contribution in [0.4, 0.5) is 5.00 Å². The van der Waals surface area contributed by atoms with Gasteiger partial charge in [0.05, 0.1) is 5.56 Å². The van der Waals surface area contributed by atoms with Crippen LogP contribution >= 0.6 is 11.3 Å². The van der Waals surface area contributed by atoms with E-state index in [1.54, 1.807) is 6.92 Å². The van der Waals surface area contributed by atoms with Gasteiger partial charge in [0.25, 0.3) is 5.91 Å². The Bertz CT molecular complexity index is 812. The van der Waals surface area contributed by atoms with Crippen LogP contribution in [-0.4, -0.2) is 30.4 Å². The zero-order valence-electron chi connectivity index (χ0n) is 17.3. The van der Waals surface area contributed by atoms with Crippen molar-refractivity contribution in [2.24, 2.45) is 0 Å². The molecule has 2 amide bonds. The molecule has 1 heterocycles. The summed E-state index contributed by atoms with van der Waals surface area (Å²) in [5, 5.41) is 6.16. The topological polar surface area (TPSA) is 84.5 Å². The van der Waals surface area contributed by atoms with Gasteiger partial charge in [-0.25, -0.2) is 4.79 Å². The minimum absolute atomic E-state index is 0.222. The van der Waals surface area contributed by atoms with E-state index < -0.39 is 12.1 Å². The van der Waals surface area contributed by atoms with Gasteiger partial charge in [0.15, 0.2) is 6.10 Å². The molecule has 158 valence electrons. The predicted octanol–water partition coefficient (Wildman–Crippen LogP) is 4.14. The third-order valence-corrected chi connectivity index (χ3v) is 6.66. The maximum atomic E-state index is 12.9. The summed E-state index contributed by atoms with van der Waals surface area (Å²) in [6, 6.07) is 0. The molecule has 0 fully saturated rings. The smallest absolute Gasteiger partial charge is 0.342 e. The summed E-state index contributed by atoms with van der Waals surface area (Å²) in [7, 11) is 0. The van der Waals surface area contributed by atoms with E-state index in [0.29, 0.717) is 17.1 Å². The Kier molecular flexibility index (Phi) is 7.47. The second-order valence-corrected chi connectivity index (χ2v) is 8.90. The fourth-order valence-electron chi connectivity index (χ4n) is 3.92. The van der Waals surface area contributed by atoms with E-state index in [1.165, 1.54) is 36.7 Å². The summed E-state index contributed by atoms with van der Waals surface area (Å²) in [5.41, 5.74) is 2.78. The van der Waals surface area contributed by atoms with E-state index in [-0.39, 0.29) is 11.8 Å². The number of fused-ring (bicyclic) bond motifs is 1. The average Bonchev–Trinajstić information content (AvgIpc) is 3.05. The van der Waals surface area contributed by atoms with Crippen molar-refractivity contribution in [2.75, 3.05) is 11.9 Å². The molecule has 6 nitrogen and oxygen atoms in total. The van der Waals surface area contributed by atoms with Crippen LogP contribution in [-0.2, 0) is 27.2 Å². The van der Waals surface area contributed by atoms with E-state index >= 15 is 0 Å². The van der Waals surface area contributed by atoms with Crippen molar-refractivity contribution in [1.82, 2.24) is 5.32 Å². The largest absolute Gasteiger partial charge is 0.449 e. The monoisotopic (exact) mass is 418 g/mol. The lowest BCUT2D eigenvalue weighted by atomic mass is 9.95. The van der Waals surface area contributed by atoms with Crippen molar-refractivity contribution in [3.8, 4) is 0 Å². The minimum atomic E-state index is -0.882. The molecule has 2 aliphatic carbocycles. The Morgan fingerprint density at radius 3 is 2.62 bits per heavy atom. The molecule has 2 aliphatic rings. The van der Waals surface area contributed by atoms with Gasteiger partial charge < -0.3 is 15.4 Å². The van der Waals surface area contributed by atoms with Crippen molar-refractivity contribution >= 4 is 34.1 Å². The molecular weight excluding hydrogens is 388 g/mol. The fraction of sp³-hybridized carbons (Fsp3) is 0.591. The number of nitrogens with one attached hydrogen (secondary N) is 2. The number of carbonyl (C=O) groups is 3. The molecule has 7 heteroatoms. The fourth-order valence-corrected chi connectivity index (χ4v) is 5.25. The van der Waals surface area contributed by atoms with Gasteiger partial charge >= 0.3 is 5.97 Å². The number of esters is 1. The van der Waals surface area contributed by atoms with E-state index in [4.69, 9.17) is 4.74 Å². The maximum Gasteiger partial charge on any atom is 0.342 e. The quantitative estimate of drug-likeness (QED) is 0.515. The molecular formula is C22H30N2O4S. The number of rotatable bonds is 7. The second kappa shape index (κ2) is 10.1. The zero-order valence-corrected chi connectivity index (χ0v) is 18.1. The first-order valence-electron chi connectivity index (χ1n) is 10.5. The van der Waals surface area contributed by atoms with E-state index in [1.807, 2.05) is 0 Å². The van der Waals surface area contributed by atoms with Crippen molar-refractivity contribution in [3.63, 3.8) is 0 Å². The van der Waals surface area contributed by atoms with Crippen molar-refractivity contribution in [1.29, 1.82) is 0 Å². The van der Waals surface area contributed by atoms with Gasteiger partial charge in [-0.1, -0.05) is 11.6 Å². The van der Waals surface area contributed by atoms with Crippen LogP contribution in [0, 0.1) is 0 Å². The van der Waals surface area contributed by atoms with Gasteiger partial charge in [-0.3, -0.25) is 9.59 Å². The molecule has 0 bridgehead atoms. The normalized spacial score (nSPS) is 17.0. The van der Waals surface area contributed by atoms with Gasteiger partial charge in [-0.05, 0) is 70.3 Å². The average molecular weight is 419 g/mol. The molecule has 0 spiro atoms. The Morgan fingerprint density at radius 1 is 1.14 bits per heavy atom. The van der Waals surface area contributed by atoms with Crippen LogP contribution in [0.25, 0.3) is 0 Å². The van der Waals surface area contributed by atoms with Crippen LogP contribution in [0.5, 0.6) is 0 Å². The highest BCUT2D eigenvalue weighted by Gasteiger charge is 2.29. The van der Waals surface area contributed by atoms with E-state index in [2.05, 4.69) is 16.7 Å². The van der Waals surface area contributed by atoms with Gasteiger partial charge in [0.1, 0.15) is 5.00 Å². The van der Waals surface area contributed by atoms with Crippen molar-refractivity contribution in [3.05, 3.63) is 27.7 Å². The summed E-state index contributed by atoms with van der Waals surface area (Å²) in [5.74, 6) is -1.05. The Labute approximate surface area is 176 Å². The van der Waals surface area contributed by atoms with Gasteiger partial charge in [-0.15, -0.1) is 11.3 Å². The molecule has 0 unspecified atom stereocenters. The number of hydrogen-bond acceptors (Lipinski definition) is 5. The lowest BCUT2D eigenvalue weighted by Gasteiger charge is -2.17. The standard InChI is InChI=1S/C22H30N2O4S/c1-14(20(26)23-13-12-16-8-4-3-5-9-16)28-22(27)19-17-10-6-7-11-18(17)29-21(19)24-15(2)25/h8,14H,3-7,9-13H2,1-2H3,(H,23,26)(H,24,25)/t14-/m0/s1. The SMILES string of the molecule is CC(=O)Nc1sc2c(c1C(=O)O[C@@H](C)C(=O)NCCC1=CCCCC1)CCCC2. The molecule has 0 aliphatic heterocycles. The molecule has 1 aromatic heterocycles. The first kappa shape index (κ1) is 21.6. The molecule has 1 aromatic rings. The van der Waals surface area contributed by atoms with Crippen molar-refractivity contribution in [2.45, 2.75) is 77.7 Å². The van der Waals surface area contributed by atoms with Gasteiger partial charge in [0, 0.05) is 18.3 Å². The lowest BCUT2D eigenvalue weighted by molar-refractivity contribution is -0.129. The number of hydrogen-bond donors (Lipinski definition) is 2. The third kappa shape index (κ3) is 5.69. The van der Waals surface area contributed by atoms with Crippen LogP contribution < -0.4 is 10.6 Å². The number of thiophene rings is 1. The lowest BCUT2D eigenvalue weighted by Crippen LogP contribution is -2.36. The number of ether oxygens (including phenoxy) is 1. The van der Waals surface area contributed by atoms with Gasteiger partial charge in [0.2, 0.25) is 5.91 Å². The van der Waals surface area contributed by atoms with E-state index in [0.717, 1.165) is 55.4 Å². The van der Waals surface area contributed by atoms with Crippen LogP contribution in [0.3, 0.4) is 0 Å². The second-order valence-electron chi connectivity index (χ2n) is 7.79. The van der Waals surface area contributed by atoms with Crippen LogP contribution in [0.2, 0.25) is 0 Å². The summed E-state index contributed by atoms with van der Waals surface area (Å²) >= 11 is 1.44. The number of aryl methyl sites for hydroxylation is 1. The van der Waals surface area contributed by atoms with E-state index in [9.17, 15) is 14.4 Å². The molecule has 2 N–H and O–H groups in total. The number of amides is 2. The van der Waals surface area contributed by atoms with Gasteiger partial charge in [-0.2, -0.15) is 0 Å². The van der Waals surface area contributed by atoms with Crippen LogP contribution in [0.15, 0.2) is 11.6 Å². The third-order valence-electron chi connectivity index (χ3n) is 5.45. The van der Waals surface area contributed by atoms with Crippen molar-refractivity contribution < 1.29 is 19.1 Å². The number of allylic oxidation sites excluding steroid dienone is 1. The number of carbonyl (C=O) groups excluding carboxylic acids is 3. The molecule has 0 saturated carbocycles. The Hall–Kier alpha value is -2.15. The molecule has 0 radical (unpaired) electrons. The number of anilines is 1. The molecule has 1 atom stereocenters. The maximum absolute atomic E-state index is 12.9. The first-order valence-corrected chi connectivity index (χ1v) is 11.4. The predicted molar refractivity (Wildman–Crippen MR) is 114 cm³/mol.